The summed E-state index contributed by atoms with van der Waals surface area (Å²) in [5.74, 6) is 0.899. The first kappa shape index (κ1) is 14.1. The van der Waals surface area contributed by atoms with Gasteiger partial charge in [0.05, 0.1) is 6.54 Å². The minimum Gasteiger partial charge on any atom is -0.492 e. The fourth-order valence-corrected chi connectivity index (χ4v) is 2.60. The molecule has 1 aliphatic rings. The topological polar surface area (TPSA) is 33.3 Å². The first-order valence-electron chi connectivity index (χ1n) is 7.07. The van der Waals surface area contributed by atoms with E-state index in [4.69, 9.17) is 17.0 Å². The molecule has 0 aromatic heterocycles. The summed E-state index contributed by atoms with van der Waals surface area (Å²) in [5.41, 5.74) is 0. The molecule has 0 saturated heterocycles. The van der Waals surface area contributed by atoms with Crippen molar-refractivity contribution in [2.45, 2.75) is 38.1 Å². The molecule has 0 bridgehead atoms. The number of ether oxygens (including phenoxy) is 1. The van der Waals surface area contributed by atoms with Crippen molar-refractivity contribution in [2.24, 2.45) is 0 Å². The Morgan fingerprint density at radius 1 is 1.16 bits per heavy atom. The number of rotatable bonds is 5. The molecule has 0 unspecified atom stereocenters. The second-order valence-corrected chi connectivity index (χ2v) is 5.30. The van der Waals surface area contributed by atoms with Crippen molar-refractivity contribution in [1.82, 2.24) is 10.6 Å². The Kier molecular flexibility index (Phi) is 5.95. The number of hydrogen-bond acceptors (Lipinski definition) is 2. The molecule has 0 atom stereocenters. The molecule has 0 heterocycles. The Balaban J connectivity index is 1.56. The molecule has 2 N–H and O–H groups in total. The van der Waals surface area contributed by atoms with Crippen molar-refractivity contribution in [3.8, 4) is 5.75 Å². The van der Waals surface area contributed by atoms with Gasteiger partial charge < -0.3 is 15.4 Å². The normalized spacial score (nSPS) is 15.8. The number of thiocarbonyl (C=S) groups is 1. The highest BCUT2D eigenvalue weighted by Gasteiger charge is 2.13. The van der Waals surface area contributed by atoms with Gasteiger partial charge in [-0.15, -0.1) is 0 Å². The first-order valence-corrected chi connectivity index (χ1v) is 7.47. The molecule has 19 heavy (non-hydrogen) atoms. The molecule has 0 spiro atoms. The van der Waals surface area contributed by atoms with E-state index in [0.717, 1.165) is 17.4 Å². The van der Waals surface area contributed by atoms with Gasteiger partial charge >= 0.3 is 0 Å². The van der Waals surface area contributed by atoms with Crippen LogP contribution in [-0.2, 0) is 0 Å². The Hall–Kier alpha value is -1.29. The zero-order valence-electron chi connectivity index (χ0n) is 11.2. The molecule has 1 saturated carbocycles. The van der Waals surface area contributed by atoms with Crippen molar-refractivity contribution >= 4 is 17.3 Å². The van der Waals surface area contributed by atoms with Gasteiger partial charge in [-0.25, -0.2) is 0 Å². The van der Waals surface area contributed by atoms with Gasteiger partial charge in [0.2, 0.25) is 0 Å². The van der Waals surface area contributed by atoms with Gasteiger partial charge in [0.25, 0.3) is 0 Å². The number of benzene rings is 1. The van der Waals surface area contributed by atoms with Crippen LogP contribution in [0.2, 0.25) is 0 Å². The molecule has 3 nitrogen and oxygen atoms in total. The summed E-state index contributed by atoms with van der Waals surface area (Å²) in [5, 5.41) is 7.33. The average molecular weight is 278 g/mol. The van der Waals surface area contributed by atoms with Gasteiger partial charge in [0, 0.05) is 6.04 Å². The standard InChI is InChI=1S/C15H22N2OS/c19-15(17-13-7-3-1-4-8-13)16-11-12-18-14-9-5-2-6-10-14/h2,5-6,9-10,13H,1,3-4,7-8,11-12H2,(H2,16,17,19). The summed E-state index contributed by atoms with van der Waals surface area (Å²) in [6.07, 6.45) is 6.47. The highest BCUT2D eigenvalue weighted by atomic mass is 32.1. The van der Waals surface area contributed by atoms with Crippen LogP contribution in [0.15, 0.2) is 30.3 Å². The summed E-state index contributed by atoms with van der Waals surface area (Å²) < 4.78 is 5.60. The van der Waals surface area contributed by atoms with Crippen LogP contribution < -0.4 is 15.4 Å². The summed E-state index contributed by atoms with van der Waals surface area (Å²) in [4.78, 5) is 0. The lowest BCUT2D eigenvalue weighted by Gasteiger charge is -2.24. The van der Waals surface area contributed by atoms with E-state index in [1.54, 1.807) is 0 Å². The van der Waals surface area contributed by atoms with Gasteiger partial charge in [0.1, 0.15) is 12.4 Å². The molecule has 0 amide bonds. The second-order valence-electron chi connectivity index (χ2n) is 4.90. The van der Waals surface area contributed by atoms with Gasteiger partial charge in [0.15, 0.2) is 5.11 Å². The molecular weight excluding hydrogens is 256 g/mol. The smallest absolute Gasteiger partial charge is 0.166 e. The van der Waals surface area contributed by atoms with E-state index in [1.807, 2.05) is 30.3 Å². The monoisotopic (exact) mass is 278 g/mol. The molecule has 1 aromatic carbocycles. The van der Waals surface area contributed by atoms with Crippen molar-refractivity contribution in [3.05, 3.63) is 30.3 Å². The zero-order valence-corrected chi connectivity index (χ0v) is 12.0. The average Bonchev–Trinajstić information content (AvgIpc) is 2.46. The highest BCUT2D eigenvalue weighted by Crippen LogP contribution is 2.17. The van der Waals surface area contributed by atoms with Crippen LogP contribution in [0.5, 0.6) is 5.75 Å². The number of nitrogens with one attached hydrogen (secondary N) is 2. The van der Waals surface area contributed by atoms with E-state index in [-0.39, 0.29) is 0 Å². The Morgan fingerprint density at radius 2 is 1.89 bits per heavy atom. The SMILES string of the molecule is S=C(NCCOc1ccccc1)NC1CCCCC1. The second kappa shape index (κ2) is 8.00. The van der Waals surface area contributed by atoms with Crippen LogP contribution in [0.25, 0.3) is 0 Å². The number of hydrogen-bond donors (Lipinski definition) is 2. The maximum Gasteiger partial charge on any atom is 0.166 e. The Bertz CT molecular complexity index is 377. The molecule has 0 aliphatic heterocycles. The molecule has 0 radical (unpaired) electrons. The van der Waals surface area contributed by atoms with Crippen LogP contribution in [0.3, 0.4) is 0 Å². The molecule has 1 aliphatic carbocycles. The predicted octanol–water partition coefficient (Wildman–Crippen LogP) is 2.86. The molecule has 1 fully saturated rings. The van der Waals surface area contributed by atoms with Gasteiger partial charge in [-0.05, 0) is 37.2 Å². The first-order chi connectivity index (χ1) is 9.34. The van der Waals surface area contributed by atoms with Crippen LogP contribution in [-0.4, -0.2) is 24.3 Å². The van der Waals surface area contributed by atoms with Crippen molar-refractivity contribution in [2.75, 3.05) is 13.2 Å². The number of para-hydroxylation sites is 1. The summed E-state index contributed by atoms with van der Waals surface area (Å²) in [6, 6.07) is 10.4. The maximum atomic E-state index is 5.60. The molecule has 2 rings (SSSR count). The van der Waals surface area contributed by atoms with E-state index in [0.29, 0.717) is 12.6 Å². The van der Waals surface area contributed by atoms with E-state index < -0.39 is 0 Å². The zero-order chi connectivity index (χ0) is 13.3. The summed E-state index contributed by atoms with van der Waals surface area (Å²) in [6.45, 7) is 1.35. The summed E-state index contributed by atoms with van der Waals surface area (Å²) >= 11 is 5.29. The molecule has 104 valence electrons. The van der Waals surface area contributed by atoms with Crippen LogP contribution in [0, 0.1) is 0 Å². The van der Waals surface area contributed by atoms with Crippen LogP contribution >= 0.6 is 12.2 Å². The predicted molar refractivity (Wildman–Crippen MR) is 82.5 cm³/mol. The fraction of sp³-hybridized carbons (Fsp3) is 0.533. The Morgan fingerprint density at radius 3 is 2.63 bits per heavy atom. The third-order valence-electron chi connectivity index (χ3n) is 3.34. The van der Waals surface area contributed by atoms with E-state index in [2.05, 4.69) is 10.6 Å². The van der Waals surface area contributed by atoms with E-state index >= 15 is 0 Å². The van der Waals surface area contributed by atoms with Crippen LogP contribution in [0.1, 0.15) is 32.1 Å². The lowest BCUT2D eigenvalue weighted by atomic mass is 9.96. The maximum absolute atomic E-state index is 5.60. The minimum absolute atomic E-state index is 0.559. The third-order valence-corrected chi connectivity index (χ3v) is 3.60. The van der Waals surface area contributed by atoms with E-state index in [9.17, 15) is 0 Å². The van der Waals surface area contributed by atoms with Crippen molar-refractivity contribution < 1.29 is 4.74 Å². The molecular formula is C15H22N2OS. The third kappa shape index (κ3) is 5.47. The van der Waals surface area contributed by atoms with Gasteiger partial charge in [-0.2, -0.15) is 0 Å². The molecule has 1 aromatic rings. The summed E-state index contributed by atoms with van der Waals surface area (Å²) in [7, 11) is 0. The Labute approximate surface area is 120 Å². The lowest BCUT2D eigenvalue weighted by molar-refractivity contribution is 0.321. The fourth-order valence-electron chi connectivity index (χ4n) is 2.33. The van der Waals surface area contributed by atoms with Crippen molar-refractivity contribution in [3.63, 3.8) is 0 Å². The molecule has 4 heteroatoms. The van der Waals surface area contributed by atoms with Crippen molar-refractivity contribution in [1.29, 1.82) is 0 Å². The highest BCUT2D eigenvalue weighted by molar-refractivity contribution is 7.80. The largest absolute Gasteiger partial charge is 0.492 e. The van der Waals surface area contributed by atoms with Crippen LogP contribution in [0.4, 0.5) is 0 Å². The minimum atomic E-state index is 0.559. The lowest BCUT2D eigenvalue weighted by Crippen LogP contribution is -2.43. The van der Waals surface area contributed by atoms with Gasteiger partial charge in [-0.1, -0.05) is 37.5 Å². The van der Waals surface area contributed by atoms with E-state index in [1.165, 1.54) is 32.1 Å². The quantitative estimate of drug-likeness (QED) is 0.641. The van der Waals surface area contributed by atoms with Gasteiger partial charge in [-0.3, -0.25) is 0 Å².